The fourth-order valence-corrected chi connectivity index (χ4v) is 3.72. The topological polar surface area (TPSA) is 67.0 Å². The molecule has 1 aromatic heterocycles. The largest absolute Gasteiger partial charge is 0.381 e. The lowest BCUT2D eigenvalue weighted by Crippen LogP contribution is -2.15. The van der Waals surface area contributed by atoms with E-state index in [1.54, 1.807) is 0 Å². The van der Waals surface area contributed by atoms with E-state index in [0.29, 0.717) is 16.8 Å². The van der Waals surface area contributed by atoms with Gasteiger partial charge in [0, 0.05) is 35.9 Å². The second kappa shape index (κ2) is 7.48. The van der Waals surface area contributed by atoms with E-state index in [-0.39, 0.29) is 12.3 Å². The number of carbonyl (C=O) groups excluding carboxylic acids is 1. The van der Waals surface area contributed by atoms with E-state index in [9.17, 15) is 4.79 Å². The zero-order chi connectivity index (χ0) is 17.9. The van der Waals surface area contributed by atoms with Gasteiger partial charge in [-0.25, -0.2) is 0 Å². The summed E-state index contributed by atoms with van der Waals surface area (Å²) < 4.78 is 5.39. The molecule has 1 amide bonds. The summed E-state index contributed by atoms with van der Waals surface area (Å²) in [6.07, 6.45) is 2.20. The second-order valence-corrected chi connectivity index (χ2v) is 7.04. The van der Waals surface area contributed by atoms with Gasteiger partial charge < -0.3 is 10.1 Å². The van der Waals surface area contributed by atoms with Crippen LogP contribution in [0.3, 0.4) is 0 Å². The Hall–Kier alpha value is -2.37. The highest BCUT2D eigenvalue weighted by Gasteiger charge is 2.18. The molecule has 0 aliphatic carbocycles. The summed E-state index contributed by atoms with van der Waals surface area (Å²) in [6, 6.07) is 13.6. The molecule has 0 bridgehead atoms. The minimum atomic E-state index is -0.109. The van der Waals surface area contributed by atoms with Crippen LogP contribution in [0.25, 0.3) is 10.8 Å². The number of nitrogens with zero attached hydrogens (tertiary/aromatic N) is 1. The van der Waals surface area contributed by atoms with Crippen LogP contribution in [0.2, 0.25) is 5.02 Å². The Morgan fingerprint density at radius 3 is 2.88 bits per heavy atom. The zero-order valence-corrected chi connectivity index (χ0v) is 15.1. The first-order chi connectivity index (χ1) is 12.7. The molecule has 26 heavy (non-hydrogen) atoms. The lowest BCUT2D eigenvalue weighted by molar-refractivity contribution is -0.115. The summed E-state index contributed by atoms with van der Waals surface area (Å²) in [4.78, 5) is 12.5. The van der Waals surface area contributed by atoms with Crippen molar-refractivity contribution in [3.8, 4) is 0 Å². The first-order valence-electron chi connectivity index (χ1n) is 8.79. The van der Waals surface area contributed by atoms with Gasteiger partial charge in [0.25, 0.3) is 0 Å². The van der Waals surface area contributed by atoms with Crippen LogP contribution in [0, 0.1) is 0 Å². The summed E-state index contributed by atoms with van der Waals surface area (Å²) in [5.41, 5.74) is 1.96. The van der Waals surface area contributed by atoms with E-state index in [1.807, 2.05) is 42.5 Å². The zero-order valence-electron chi connectivity index (χ0n) is 14.3. The summed E-state index contributed by atoms with van der Waals surface area (Å²) >= 11 is 6.20. The number of H-pyrrole nitrogens is 1. The monoisotopic (exact) mass is 369 g/mol. The van der Waals surface area contributed by atoms with Gasteiger partial charge in [-0.3, -0.25) is 9.89 Å². The molecule has 0 atom stereocenters. The van der Waals surface area contributed by atoms with Crippen LogP contribution < -0.4 is 5.32 Å². The quantitative estimate of drug-likeness (QED) is 0.720. The lowest BCUT2D eigenvalue weighted by Gasteiger charge is -2.20. The fourth-order valence-electron chi connectivity index (χ4n) is 3.47. The highest BCUT2D eigenvalue weighted by molar-refractivity contribution is 6.31. The standard InChI is InChI=1S/C20H20ClN3O2/c21-16-9-14-3-1-2-4-17(14)15(10-16)11-20(25)22-19-12-18(23-24-19)13-5-7-26-8-6-13/h1-4,9-10,12-13H,5-8,11H2,(H2,22,23,24,25). The number of aromatic nitrogens is 2. The Labute approximate surface area is 156 Å². The summed E-state index contributed by atoms with van der Waals surface area (Å²) in [5, 5.41) is 12.9. The normalized spacial score (nSPS) is 15.3. The first kappa shape index (κ1) is 17.1. The smallest absolute Gasteiger partial charge is 0.230 e. The van der Waals surface area contributed by atoms with Crippen molar-refractivity contribution < 1.29 is 9.53 Å². The van der Waals surface area contributed by atoms with Gasteiger partial charge in [0.15, 0.2) is 5.82 Å². The van der Waals surface area contributed by atoms with Gasteiger partial charge in [-0.15, -0.1) is 0 Å². The third-order valence-electron chi connectivity index (χ3n) is 4.79. The summed E-state index contributed by atoms with van der Waals surface area (Å²) in [5.74, 6) is 0.865. The van der Waals surface area contributed by atoms with E-state index in [0.717, 1.165) is 48.1 Å². The third kappa shape index (κ3) is 3.74. The number of hydrogen-bond acceptors (Lipinski definition) is 3. The minimum Gasteiger partial charge on any atom is -0.381 e. The predicted molar refractivity (Wildman–Crippen MR) is 103 cm³/mol. The number of anilines is 1. The lowest BCUT2D eigenvalue weighted by atomic mass is 9.97. The number of halogens is 1. The molecular weight excluding hydrogens is 350 g/mol. The van der Waals surface area contributed by atoms with E-state index >= 15 is 0 Å². The molecule has 1 aliphatic heterocycles. The van der Waals surface area contributed by atoms with Gasteiger partial charge in [-0.1, -0.05) is 35.9 Å². The van der Waals surface area contributed by atoms with Crippen LogP contribution in [-0.4, -0.2) is 29.3 Å². The molecule has 4 rings (SSSR count). The average molecular weight is 370 g/mol. The fraction of sp³-hybridized carbons (Fsp3) is 0.300. The maximum absolute atomic E-state index is 12.5. The Bertz CT molecular complexity index is 932. The molecule has 1 aliphatic rings. The van der Waals surface area contributed by atoms with E-state index in [1.165, 1.54) is 0 Å². The second-order valence-electron chi connectivity index (χ2n) is 6.61. The Morgan fingerprint density at radius 2 is 2.04 bits per heavy atom. The highest BCUT2D eigenvalue weighted by Crippen LogP contribution is 2.27. The van der Waals surface area contributed by atoms with Gasteiger partial charge in [0.05, 0.1) is 6.42 Å². The molecule has 1 fully saturated rings. The van der Waals surface area contributed by atoms with Crippen molar-refractivity contribution in [1.82, 2.24) is 10.2 Å². The van der Waals surface area contributed by atoms with Crippen molar-refractivity contribution in [1.29, 1.82) is 0 Å². The maximum Gasteiger partial charge on any atom is 0.230 e. The third-order valence-corrected chi connectivity index (χ3v) is 5.01. The van der Waals surface area contributed by atoms with Crippen molar-refractivity contribution in [3.63, 3.8) is 0 Å². The molecule has 3 aromatic rings. The number of hydrogen-bond donors (Lipinski definition) is 2. The average Bonchev–Trinajstić information content (AvgIpc) is 3.10. The number of aromatic amines is 1. The molecule has 2 heterocycles. The van der Waals surface area contributed by atoms with Gasteiger partial charge >= 0.3 is 0 Å². The molecule has 2 N–H and O–H groups in total. The van der Waals surface area contributed by atoms with Crippen LogP contribution in [0.1, 0.15) is 30.0 Å². The van der Waals surface area contributed by atoms with E-state index in [2.05, 4.69) is 15.5 Å². The Balaban J connectivity index is 1.47. The van der Waals surface area contributed by atoms with Crippen LogP contribution in [0.4, 0.5) is 5.82 Å². The number of rotatable bonds is 4. The van der Waals surface area contributed by atoms with Crippen LogP contribution in [0.15, 0.2) is 42.5 Å². The van der Waals surface area contributed by atoms with Crippen molar-refractivity contribution >= 4 is 34.1 Å². The molecule has 6 heteroatoms. The molecule has 0 saturated carbocycles. The minimum absolute atomic E-state index is 0.109. The van der Waals surface area contributed by atoms with Gasteiger partial charge in [0.2, 0.25) is 5.91 Å². The molecule has 134 valence electrons. The van der Waals surface area contributed by atoms with Gasteiger partial charge in [0.1, 0.15) is 0 Å². The molecule has 1 saturated heterocycles. The number of ether oxygens (including phenoxy) is 1. The Kier molecular flexibility index (Phi) is 4.91. The number of carbonyl (C=O) groups is 1. The van der Waals surface area contributed by atoms with Crippen molar-refractivity contribution in [2.75, 3.05) is 18.5 Å². The molecule has 0 radical (unpaired) electrons. The van der Waals surface area contributed by atoms with E-state index < -0.39 is 0 Å². The summed E-state index contributed by atoms with van der Waals surface area (Å²) in [7, 11) is 0. The number of nitrogens with one attached hydrogen (secondary N) is 2. The highest BCUT2D eigenvalue weighted by atomic mass is 35.5. The van der Waals surface area contributed by atoms with Gasteiger partial charge in [-0.2, -0.15) is 5.10 Å². The number of fused-ring (bicyclic) bond motifs is 1. The van der Waals surface area contributed by atoms with Crippen LogP contribution in [-0.2, 0) is 16.0 Å². The Morgan fingerprint density at radius 1 is 1.23 bits per heavy atom. The van der Waals surface area contributed by atoms with Gasteiger partial charge in [-0.05, 0) is 41.3 Å². The summed E-state index contributed by atoms with van der Waals surface area (Å²) in [6.45, 7) is 1.54. The molecule has 0 spiro atoms. The number of amides is 1. The van der Waals surface area contributed by atoms with Crippen molar-refractivity contribution in [3.05, 3.63) is 58.7 Å². The van der Waals surface area contributed by atoms with Crippen molar-refractivity contribution in [2.45, 2.75) is 25.2 Å². The molecule has 2 aromatic carbocycles. The molecule has 0 unspecified atom stereocenters. The molecular formula is C20H20ClN3O2. The number of benzene rings is 2. The predicted octanol–water partition coefficient (Wildman–Crippen LogP) is 4.29. The van der Waals surface area contributed by atoms with E-state index in [4.69, 9.17) is 16.3 Å². The van der Waals surface area contributed by atoms with Crippen LogP contribution in [0.5, 0.6) is 0 Å². The van der Waals surface area contributed by atoms with Crippen molar-refractivity contribution in [2.24, 2.45) is 0 Å². The maximum atomic E-state index is 12.5. The molecule has 5 nitrogen and oxygen atoms in total. The van der Waals surface area contributed by atoms with Crippen LogP contribution >= 0.6 is 11.6 Å². The SMILES string of the molecule is O=C(Cc1cc(Cl)cc2ccccc12)Nc1cc(C2CCOCC2)[nH]n1. The first-order valence-corrected chi connectivity index (χ1v) is 9.17.